The zero-order chi connectivity index (χ0) is 12.7. The van der Waals surface area contributed by atoms with Crippen LogP contribution < -0.4 is 5.32 Å². The summed E-state index contributed by atoms with van der Waals surface area (Å²) in [5.74, 6) is -2.82. The van der Waals surface area contributed by atoms with E-state index in [0.717, 1.165) is 6.07 Å². The highest BCUT2D eigenvalue weighted by Crippen LogP contribution is 2.10. The lowest BCUT2D eigenvalue weighted by atomic mass is 10.2. The molecule has 0 heterocycles. The van der Waals surface area contributed by atoms with Crippen LogP contribution in [-0.4, -0.2) is 31.0 Å². The molecule has 1 rings (SSSR count). The third-order valence-electron chi connectivity index (χ3n) is 1.95. The van der Waals surface area contributed by atoms with Crippen LogP contribution in [0.25, 0.3) is 0 Å². The predicted octanol–water partition coefficient (Wildman–Crippen LogP) is 2.11. The van der Waals surface area contributed by atoms with Gasteiger partial charge in [-0.1, -0.05) is 22.0 Å². The van der Waals surface area contributed by atoms with Gasteiger partial charge in [-0.3, -0.25) is 4.79 Å². The van der Waals surface area contributed by atoms with Gasteiger partial charge in [0.05, 0.1) is 18.8 Å². The summed E-state index contributed by atoms with van der Waals surface area (Å²) in [6.45, 7) is 1.11. The molecule has 0 aliphatic carbocycles. The summed E-state index contributed by atoms with van der Waals surface area (Å²) in [5.41, 5.74) is -0.300. The highest BCUT2D eigenvalue weighted by Gasteiger charge is 2.14. The van der Waals surface area contributed by atoms with Gasteiger partial charge in [-0.15, -0.1) is 0 Å². The van der Waals surface area contributed by atoms with Crippen LogP contribution in [0.4, 0.5) is 8.78 Å². The Labute approximate surface area is 106 Å². The van der Waals surface area contributed by atoms with E-state index >= 15 is 0 Å². The minimum absolute atomic E-state index is 0.252. The normalized spacial score (nSPS) is 10.3. The van der Waals surface area contributed by atoms with E-state index in [4.69, 9.17) is 4.74 Å². The number of alkyl halides is 1. The molecule has 0 radical (unpaired) electrons. The summed E-state index contributed by atoms with van der Waals surface area (Å²) in [7, 11) is 0. The molecule has 0 spiro atoms. The third-order valence-corrected chi connectivity index (χ3v) is 2.27. The molecule has 0 bridgehead atoms. The smallest absolute Gasteiger partial charge is 0.254 e. The second kappa shape index (κ2) is 7.34. The van der Waals surface area contributed by atoms with Crippen molar-refractivity contribution in [2.24, 2.45) is 0 Å². The first-order chi connectivity index (χ1) is 8.16. The molecule has 0 fully saturated rings. The monoisotopic (exact) mass is 307 g/mol. The van der Waals surface area contributed by atoms with E-state index in [-0.39, 0.29) is 12.1 Å². The maximum atomic E-state index is 13.2. The Morgan fingerprint density at radius 3 is 2.82 bits per heavy atom. The van der Waals surface area contributed by atoms with Gasteiger partial charge in [-0.05, 0) is 12.1 Å². The first kappa shape index (κ1) is 14.1. The van der Waals surface area contributed by atoms with Crippen LogP contribution in [-0.2, 0) is 4.74 Å². The average molecular weight is 308 g/mol. The van der Waals surface area contributed by atoms with Gasteiger partial charge in [-0.25, -0.2) is 8.78 Å². The summed E-state index contributed by atoms with van der Waals surface area (Å²) < 4.78 is 31.1. The van der Waals surface area contributed by atoms with E-state index in [1.54, 1.807) is 0 Å². The Kier molecular flexibility index (Phi) is 6.07. The minimum atomic E-state index is -1.13. The van der Waals surface area contributed by atoms with Crippen LogP contribution in [0.1, 0.15) is 10.4 Å². The molecule has 0 atom stereocenters. The Hall–Kier alpha value is -1.01. The lowest BCUT2D eigenvalue weighted by molar-refractivity contribution is 0.0919. The van der Waals surface area contributed by atoms with Gasteiger partial charge in [-0.2, -0.15) is 0 Å². The number of ether oxygens (including phenoxy) is 1. The number of carbonyl (C=O) groups is 1. The molecule has 1 aromatic rings. The molecule has 0 saturated heterocycles. The number of benzene rings is 1. The van der Waals surface area contributed by atoms with Gasteiger partial charge in [0.25, 0.3) is 5.91 Å². The van der Waals surface area contributed by atoms with Gasteiger partial charge in [0, 0.05) is 11.9 Å². The van der Waals surface area contributed by atoms with Crippen molar-refractivity contribution in [2.75, 3.05) is 25.1 Å². The van der Waals surface area contributed by atoms with E-state index in [2.05, 4.69) is 21.2 Å². The Morgan fingerprint density at radius 1 is 1.35 bits per heavy atom. The second-order valence-corrected chi connectivity index (χ2v) is 3.95. The van der Waals surface area contributed by atoms with E-state index in [1.807, 2.05) is 0 Å². The van der Waals surface area contributed by atoms with Crippen molar-refractivity contribution >= 4 is 21.8 Å². The highest BCUT2D eigenvalue weighted by atomic mass is 79.9. The molecule has 1 N–H and O–H groups in total. The Morgan fingerprint density at radius 2 is 2.12 bits per heavy atom. The summed E-state index contributed by atoms with van der Waals surface area (Å²) in [6.07, 6.45) is 0. The molecule has 1 amide bonds. The van der Waals surface area contributed by atoms with Crippen LogP contribution >= 0.6 is 15.9 Å². The average Bonchev–Trinajstić information content (AvgIpc) is 2.32. The molecular formula is C11H12BrF2NO2. The fourth-order valence-corrected chi connectivity index (χ4v) is 1.40. The summed E-state index contributed by atoms with van der Waals surface area (Å²) >= 11 is 3.18. The first-order valence-electron chi connectivity index (χ1n) is 5.02. The van der Waals surface area contributed by atoms with Gasteiger partial charge < -0.3 is 10.1 Å². The quantitative estimate of drug-likeness (QED) is 0.646. The van der Waals surface area contributed by atoms with E-state index in [1.165, 1.54) is 12.1 Å². The molecule has 3 nitrogen and oxygen atoms in total. The molecule has 17 heavy (non-hydrogen) atoms. The van der Waals surface area contributed by atoms with Crippen LogP contribution in [0, 0.1) is 11.6 Å². The molecular weight excluding hydrogens is 296 g/mol. The molecule has 0 aliphatic heterocycles. The van der Waals surface area contributed by atoms with Crippen molar-refractivity contribution in [3.05, 3.63) is 35.4 Å². The standard InChI is InChI=1S/C11H12BrF2NO2/c12-4-6-17-7-5-15-11(16)8-2-1-3-9(13)10(8)14/h1-3H,4-7H2,(H,15,16). The minimum Gasteiger partial charge on any atom is -0.379 e. The molecule has 0 aromatic heterocycles. The maximum Gasteiger partial charge on any atom is 0.254 e. The Bertz CT molecular complexity index is 388. The number of amides is 1. The summed E-state index contributed by atoms with van der Waals surface area (Å²) in [4.78, 5) is 11.5. The predicted molar refractivity (Wildman–Crippen MR) is 63.3 cm³/mol. The molecule has 0 unspecified atom stereocenters. The van der Waals surface area contributed by atoms with E-state index in [9.17, 15) is 13.6 Å². The lowest BCUT2D eigenvalue weighted by Gasteiger charge is -2.06. The fraction of sp³-hybridized carbons (Fsp3) is 0.364. The largest absolute Gasteiger partial charge is 0.379 e. The van der Waals surface area contributed by atoms with E-state index in [0.29, 0.717) is 18.5 Å². The molecule has 94 valence electrons. The lowest BCUT2D eigenvalue weighted by Crippen LogP contribution is -2.28. The van der Waals surface area contributed by atoms with E-state index < -0.39 is 17.5 Å². The third kappa shape index (κ3) is 4.40. The topological polar surface area (TPSA) is 38.3 Å². The molecule has 0 aliphatic rings. The van der Waals surface area contributed by atoms with Crippen molar-refractivity contribution in [1.29, 1.82) is 0 Å². The van der Waals surface area contributed by atoms with Gasteiger partial charge in [0.15, 0.2) is 11.6 Å². The zero-order valence-corrected chi connectivity index (χ0v) is 10.6. The number of carbonyl (C=O) groups excluding carboxylic acids is 1. The number of halogens is 3. The van der Waals surface area contributed by atoms with Crippen molar-refractivity contribution < 1.29 is 18.3 Å². The zero-order valence-electron chi connectivity index (χ0n) is 9.01. The number of hydrogen-bond donors (Lipinski definition) is 1. The van der Waals surface area contributed by atoms with Crippen molar-refractivity contribution in [1.82, 2.24) is 5.32 Å². The molecule has 1 aromatic carbocycles. The fourth-order valence-electron chi connectivity index (χ4n) is 1.17. The van der Waals surface area contributed by atoms with Crippen molar-refractivity contribution in [3.8, 4) is 0 Å². The Balaban J connectivity index is 2.44. The molecule has 6 heteroatoms. The van der Waals surface area contributed by atoms with Crippen LogP contribution in [0.5, 0.6) is 0 Å². The number of nitrogens with one attached hydrogen (secondary N) is 1. The summed E-state index contributed by atoms with van der Waals surface area (Å²) in [6, 6.07) is 3.48. The number of hydrogen-bond acceptors (Lipinski definition) is 2. The van der Waals surface area contributed by atoms with Gasteiger partial charge in [0.1, 0.15) is 0 Å². The molecule has 0 saturated carbocycles. The number of rotatable bonds is 6. The second-order valence-electron chi connectivity index (χ2n) is 3.16. The van der Waals surface area contributed by atoms with Gasteiger partial charge >= 0.3 is 0 Å². The van der Waals surface area contributed by atoms with Crippen LogP contribution in [0.3, 0.4) is 0 Å². The van der Waals surface area contributed by atoms with Crippen molar-refractivity contribution in [3.63, 3.8) is 0 Å². The highest BCUT2D eigenvalue weighted by molar-refractivity contribution is 9.09. The van der Waals surface area contributed by atoms with Crippen molar-refractivity contribution in [2.45, 2.75) is 0 Å². The van der Waals surface area contributed by atoms with Gasteiger partial charge in [0.2, 0.25) is 0 Å². The van der Waals surface area contributed by atoms with Crippen LogP contribution in [0.2, 0.25) is 0 Å². The maximum absolute atomic E-state index is 13.2. The first-order valence-corrected chi connectivity index (χ1v) is 6.15. The SMILES string of the molecule is O=C(NCCOCCBr)c1cccc(F)c1F. The summed E-state index contributed by atoms with van der Waals surface area (Å²) in [5, 5.41) is 3.15. The van der Waals surface area contributed by atoms with Crippen LogP contribution in [0.15, 0.2) is 18.2 Å².